The fourth-order valence-corrected chi connectivity index (χ4v) is 4.01. The van der Waals surface area contributed by atoms with Crippen molar-refractivity contribution in [1.29, 1.82) is 0 Å². The topological polar surface area (TPSA) is 73.2 Å². The molecule has 168 valence electrons. The molecular weight excluding hydrogens is 458 g/mol. The standard InChI is InChI=1S/C24H32BrN3O3/c1-6-9-18(10-7-2)26-14-19(24(30)31-8-3)22(29)21-23(25)27-15-28(21)20-12-11-16(4)13-17(20)5/h11-15,18,26H,6-10H2,1-5H3/b19-14-. The molecule has 0 aliphatic carbocycles. The SMILES string of the molecule is CCCC(CCC)N/C=C(\C(=O)OCC)C(=O)c1c(Br)ncn1-c1ccc(C)cc1C. The Labute approximate surface area is 193 Å². The van der Waals surface area contributed by atoms with E-state index in [1.54, 1.807) is 17.8 Å². The summed E-state index contributed by atoms with van der Waals surface area (Å²) >= 11 is 3.39. The molecule has 0 radical (unpaired) electrons. The number of ketones is 1. The lowest BCUT2D eigenvalue weighted by molar-refractivity contribution is -0.138. The number of imidazole rings is 1. The van der Waals surface area contributed by atoms with E-state index in [4.69, 9.17) is 4.74 Å². The molecule has 0 amide bonds. The highest BCUT2D eigenvalue weighted by molar-refractivity contribution is 9.10. The third kappa shape index (κ3) is 6.29. The maximum Gasteiger partial charge on any atom is 0.343 e. The lowest BCUT2D eigenvalue weighted by Gasteiger charge is -2.17. The fraction of sp³-hybridized carbons (Fsp3) is 0.458. The Morgan fingerprint density at radius 1 is 1.19 bits per heavy atom. The molecular formula is C24H32BrN3O3. The van der Waals surface area contributed by atoms with Crippen LogP contribution in [0.3, 0.4) is 0 Å². The number of rotatable bonds is 11. The first kappa shape index (κ1) is 24.9. The van der Waals surface area contributed by atoms with Gasteiger partial charge in [0.25, 0.3) is 0 Å². The summed E-state index contributed by atoms with van der Waals surface area (Å²) in [6.07, 6.45) is 7.04. The molecule has 0 aliphatic rings. The van der Waals surface area contributed by atoms with Crippen molar-refractivity contribution in [1.82, 2.24) is 14.9 Å². The van der Waals surface area contributed by atoms with Gasteiger partial charge in [0.15, 0.2) is 0 Å². The molecule has 0 aliphatic heterocycles. The molecule has 0 saturated carbocycles. The van der Waals surface area contributed by atoms with Crippen LogP contribution in [0.4, 0.5) is 0 Å². The zero-order chi connectivity index (χ0) is 23.0. The van der Waals surface area contributed by atoms with Crippen molar-refractivity contribution in [2.75, 3.05) is 6.61 Å². The Kier molecular flexibility index (Phi) is 9.49. The van der Waals surface area contributed by atoms with E-state index >= 15 is 0 Å². The molecule has 0 bridgehead atoms. The van der Waals surface area contributed by atoms with Crippen molar-refractivity contribution >= 4 is 27.7 Å². The first-order chi connectivity index (χ1) is 14.8. The van der Waals surface area contributed by atoms with E-state index in [1.165, 1.54) is 6.20 Å². The number of halogens is 1. The van der Waals surface area contributed by atoms with Crippen molar-refractivity contribution < 1.29 is 14.3 Å². The molecule has 0 saturated heterocycles. The fourth-order valence-electron chi connectivity index (χ4n) is 3.55. The van der Waals surface area contributed by atoms with Crippen LogP contribution >= 0.6 is 15.9 Å². The number of aromatic nitrogens is 2. The number of hydrogen-bond donors (Lipinski definition) is 1. The number of aryl methyl sites for hydroxylation is 2. The Bertz CT molecular complexity index is 944. The number of hydrogen-bond acceptors (Lipinski definition) is 5. The predicted molar refractivity (Wildman–Crippen MR) is 127 cm³/mol. The van der Waals surface area contributed by atoms with Gasteiger partial charge in [-0.1, -0.05) is 44.4 Å². The Hall–Kier alpha value is -2.41. The highest BCUT2D eigenvalue weighted by Gasteiger charge is 2.28. The molecule has 2 rings (SSSR count). The van der Waals surface area contributed by atoms with Crippen molar-refractivity contribution in [3.05, 3.63) is 57.7 Å². The van der Waals surface area contributed by atoms with Gasteiger partial charge in [-0.05, 0) is 61.2 Å². The summed E-state index contributed by atoms with van der Waals surface area (Å²) in [4.78, 5) is 30.5. The maximum absolute atomic E-state index is 13.5. The molecule has 0 atom stereocenters. The zero-order valence-corrected chi connectivity index (χ0v) is 20.6. The third-order valence-electron chi connectivity index (χ3n) is 5.03. The first-order valence-corrected chi connectivity index (χ1v) is 11.6. The highest BCUT2D eigenvalue weighted by Crippen LogP contribution is 2.25. The van der Waals surface area contributed by atoms with Crippen LogP contribution in [0.1, 0.15) is 68.1 Å². The van der Waals surface area contributed by atoms with Gasteiger partial charge < -0.3 is 10.1 Å². The van der Waals surface area contributed by atoms with E-state index in [2.05, 4.69) is 40.1 Å². The van der Waals surface area contributed by atoms with Crippen LogP contribution < -0.4 is 5.32 Å². The van der Waals surface area contributed by atoms with E-state index in [9.17, 15) is 9.59 Å². The number of nitrogens with zero attached hydrogens (tertiary/aromatic N) is 2. The van der Waals surface area contributed by atoms with Crippen molar-refractivity contribution in [2.45, 2.75) is 66.3 Å². The van der Waals surface area contributed by atoms with Gasteiger partial charge in [-0.3, -0.25) is 9.36 Å². The van der Waals surface area contributed by atoms with E-state index in [-0.39, 0.29) is 23.9 Å². The average molecular weight is 490 g/mol. The number of nitrogens with one attached hydrogen (secondary N) is 1. The molecule has 2 aromatic rings. The Morgan fingerprint density at radius 2 is 1.87 bits per heavy atom. The normalized spacial score (nSPS) is 11.6. The summed E-state index contributed by atoms with van der Waals surface area (Å²) in [7, 11) is 0. The number of benzene rings is 1. The number of carbonyl (C=O) groups excluding carboxylic acids is 2. The van der Waals surface area contributed by atoms with Crippen LogP contribution in [0.25, 0.3) is 5.69 Å². The zero-order valence-electron chi connectivity index (χ0n) is 19.0. The number of ether oxygens (including phenoxy) is 1. The average Bonchev–Trinajstić information content (AvgIpc) is 3.09. The molecule has 1 N–H and O–H groups in total. The lowest BCUT2D eigenvalue weighted by Crippen LogP contribution is -2.27. The smallest absolute Gasteiger partial charge is 0.343 e. The predicted octanol–water partition coefficient (Wildman–Crippen LogP) is 5.44. The van der Waals surface area contributed by atoms with E-state index in [0.29, 0.717) is 4.60 Å². The number of esters is 1. The molecule has 1 aromatic heterocycles. The lowest BCUT2D eigenvalue weighted by atomic mass is 10.1. The largest absolute Gasteiger partial charge is 0.462 e. The van der Waals surface area contributed by atoms with Crippen LogP contribution in [0.15, 0.2) is 40.9 Å². The second kappa shape index (κ2) is 11.8. The maximum atomic E-state index is 13.5. The van der Waals surface area contributed by atoms with Crippen molar-refractivity contribution in [3.63, 3.8) is 0 Å². The molecule has 6 nitrogen and oxygen atoms in total. The van der Waals surface area contributed by atoms with Gasteiger partial charge >= 0.3 is 5.97 Å². The Balaban J connectivity index is 2.49. The second-order valence-corrected chi connectivity index (χ2v) is 8.34. The summed E-state index contributed by atoms with van der Waals surface area (Å²) in [6.45, 7) is 10.1. The molecule has 0 spiro atoms. The minimum atomic E-state index is -0.646. The van der Waals surface area contributed by atoms with Crippen molar-refractivity contribution in [3.8, 4) is 5.69 Å². The summed E-state index contributed by atoms with van der Waals surface area (Å²) < 4.78 is 7.28. The van der Waals surface area contributed by atoms with Gasteiger partial charge in [0.05, 0.1) is 12.3 Å². The highest BCUT2D eigenvalue weighted by atomic mass is 79.9. The molecule has 1 heterocycles. The van der Waals surface area contributed by atoms with Gasteiger partial charge in [-0.15, -0.1) is 0 Å². The minimum absolute atomic E-state index is 0.0359. The Morgan fingerprint density at radius 3 is 2.45 bits per heavy atom. The quantitative estimate of drug-likeness (QED) is 0.149. The van der Waals surface area contributed by atoms with Crippen LogP contribution in [0, 0.1) is 13.8 Å². The number of carbonyl (C=O) groups is 2. The summed E-state index contributed by atoms with van der Waals surface area (Å²) in [5.74, 6) is -1.09. The van der Waals surface area contributed by atoms with Crippen LogP contribution in [-0.4, -0.2) is 34.0 Å². The van der Waals surface area contributed by atoms with Crippen molar-refractivity contribution in [2.24, 2.45) is 0 Å². The summed E-state index contributed by atoms with van der Waals surface area (Å²) in [5, 5.41) is 3.27. The van der Waals surface area contributed by atoms with Gasteiger partial charge in [0.1, 0.15) is 22.2 Å². The van der Waals surface area contributed by atoms with E-state index < -0.39 is 11.8 Å². The van der Waals surface area contributed by atoms with Crippen LogP contribution in [0.5, 0.6) is 0 Å². The molecule has 31 heavy (non-hydrogen) atoms. The second-order valence-electron chi connectivity index (χ2n) is 7.59. The minimum Gasteiger partial charge on any atom is -0.462 e. The summed E-state index contributed by atoms with van der Waals surface area (Å²) in [6, 6.07) is 6.16. The molecule has 7 heteroatoms. The molecule has 0 fully saturated rings. The summed E-state index contributed by atoms with van der Waals surface area (Å²) in [5.41, 5.74) is 3.22. The number of Topliss-reactive ketones (excluding diaryl/α,β-unsaturated/α-hetero) is 1. The third-order valence-corrected chi connectivity index (χ3v) is 5.61. The van der Waals surface area contributed by atoms with E-state index in [1.807, 2.05) is 32.0 Å². The molecule has 0 unspecified atom stereocenters. The monoisotopic (exact) mass is 489 g/mol. The van der Waals surface area contributed by atoms with E-state index in [0.717, 1.165) is 42.5 Å². The van der Waals surface area contributed by atoms with Gasteiger partial charge in [-0.25, -0.2) is 9.78 Å². The van der Waals surface area contributed by atoms with Crippen LogP contribution in [0.2, 0.25) is 0 Å². The first-order valence-electron chi connectivity index (χ1n) is 10.8. The molecule has 1 aromatic carbocycles. The van der Waals surface area contributed by atoms with Gasteiger partial charge in [-0.2, -0.15) is 0 Å². The van der Waals surface area contributed by atoms with Crippen LogP contribution in [-0.2, 0) is 9.53 Å². The van der Waals surface area contributed by atoms with Gasteiger partial charge in [0, 0.05) is 12.2 Å². The van der Waals surface area contributed by atoms with Gasteiger partial charge in [0.2, 0.25) is 5.78 Å².